The van der Waals surface area contributed by atoms with Crippen LogP contribution in [0.5, 0.6) is 11.5 Å². The molecule has 0 saturated heterocycles. The topological polar surface area (TPSA) is 64.7 Å². The second kappa shape index (κ2) is 5.52. The average molecular weight is 290 g/mol. The highest BCUT2D eigenvalue weighted by Gasteiger charge is 2.19. The van der Waals surface area contributed by atoms with Crippen molar-refractivity contribution < 1.29 is 14.6 Å². The van der Waals surface area contributed by atoms with Crippen molar-refractivity contribution in [3.05, 3.63) is 21.7 Å². The molecule has 0 aliphatic heterocycles. The predicted molar refractivity (Wildman–Crippen MR) is 66.0 cm³/mol. The molecule has 0 radical (unpaired) electrons. The third-order valence-corrected chi connectivity index (χ3v) is 3.12. The minimum atomic E-state index is -0.714. The zero-order chi connectivity index (χ0) is 12.3. The van der Waals surface area contributed by atoms with Crippen LogP contribution in [0.15, 0.2) is 10.5 Å². The summed E-state index contributed by atoms with van der Waals surface area (Å²) >= 11 is 3.39. The zero-order valence-electron chi connectivity index (χ0n) is 9.58. The van der Waals surface area contributed by atoms with E-state index >= 15 is 0 Å². The second-order valence-electron chi connectivity index (χ2n) is 3.38. The Hall–Kier alpha value is -0.780. The lowest BCUT2D eigenvalue weighted by molar-refractivity contribution is 0.184. The van der Waals surface area contributed by atoms with E-state index in [-0.39, 0.29) is 6.54 Å². The van der Waals surface area contributed by atoms with Gasteiger partial charge in [0.2, 0.25) is 0 Å². The van der Waals surface area contributed by atoms with Crippen LogP contribution in [0.25, 0.3) is 0 Å². The molecule has 1 atom stereocenters. The summed E-state index contributed by atoms with van der Waals surface area (Å²) in [5.74, 6) is 1.24. The summed E-state index contributed by atoms with van der Waals surface area (Å²) in [7, 11) is 3.14. The Morgan fingerprint density at radius 2 is 2.06 bits per heavy atom. The Morgan fingerprint density at radius 3 is 2.50 bits per heavy atom. The van der Waals surface area contributed by atoms with Gasteiger partial charge in [-0.25, -0.2) is 0 Å². The van der Waals surface area contributed by atoms with Crippen LogP contribution in [0.2, 0.25) is 0 Å². The van der Waals surface area contributed by atoms with Crippen molar-refractivity contribution in [3.63, 3.8) is 0 Å². The smallest absolute Gasteiger partial charge is 0.164 e. The van der Waals surface area contributed by atoms with Crippen molar-refractivity contribution in [2.75, 3.05) is 20.8 Å². The minimum absolute atomic E-state index is 0.162. The van der Waals surface area contributed by atoms with E-state index in [2.05, 4.69) is 15.9 Å². The van der Waals surface area contributed by atoms with Crippen LogP contribution < -0.4 is 15.2 Å². The van der Waals surface area contributed by atoms with Gasteiger partial charge in [0.25, 0.3) is 0 Å². The molecule has 0 aliphatic rings. The molecule has 1 aromatic rings. The molecule has 0 saturated carbocycles. The standard InChI is InChI=1S/C11H16BrNO3/c1-6-10(8(14)5-13)7(12)4-9(15-2)11(6)16-3/h4,8,14H,5,13H2,1-3H3. The number of hydrogen-bond acceptors (Lipinski definition) is 4. The number of benzene rings is 1. The van der Waals surface area contributed by atoms with Crippen LogP contribution in [-0.2, 0) is 0 Å². The van der Waals surface area contributed by atoms with Gasteiger partial charge in [0, 0.05) is 22.1 Å². The molecule has 0 bridgehead atoms. The molecule has 0 spiro atoms. The third kappa shape index (κ3) is 2.31. The molecule has 1 unspecified atom stereocenters. The van der Waals surface area contributed by atoms with Crippen molar-refractivity contribution >= 4 is 15.9 Å². The van der Waals surface area contributed by atoms with Gasteiger partial charge in [-0.2, -0.15) is 0 Å². The molecule has 16 heavy (non-hydrogen) atoms. The Morgan fingerprint density at radius 1 is 1.44 bits per heavy atom. The lowest BCUT2D eigenvalue weighted by Gasteiger charge is -2.19. The molecule has 3 N–H and O–H groups in total. The molecule has 4 nitrogen and oxygen atoms in total. The fraction of sp³-hybridized carbons (Fsp3) is 0.455. The quantitative estimate of drug-likeness (QED) is 0.887. The molecule has 1 aromatic carbocycles. The number of halogens is 1. The van der Waals surface area contributed by atoms with Crippen LogP contribution in [0, 0.1) is 6.92 Å². The van der Waals surface area contributed by atoms with Gasteiger partial charge in [0.1, 0.15) is 0 Å². The SMILES string of the molecule is COc1cc(Br)c(C(O)CN)c(C)c1OC. The number of nitrogens with two attached hydrogens (primary N) is 1. The van der Waals surface area contributed by atoms with Crippen LogP contribution in [0.4, 0.5) is 0 Å². The van der Waals surface area contributed by atoms with Crippen molar-refractivity contribution in [1.82, 2.24) is 0 Å². The first-order valence-electron chi connectivity index (χ1n) is 4.85. The lowest BCUT2D eigenvalue weighted by Crippen LogP contribution is -2.14. The number of methoxy groups -OCH3 is 2. The highest BCUT2D eigenvalue weighted by molar-refractivity contribution is 9.10. The van der Waals surface area contributed by atoms with E-state index in [4.69, 9.17) is 15.2 Å². The summed E-state index contributed by atoms with van der Waals surface area (Å²) in [5.41, 5.74) is 7.02. The van der Waals surface area contributed by atoms with Crippen LogP contribution >= 0.6 is 15.9 Å². The zero-order valence-corrected chi connectivity index (χ0v) is 11.2. The van der Waals surface area contributed by atoms with Crippen molar-refractivity contribution in [2.24, 2.45) is 5.73 Å². The molecule has 1 rings (SSSR count). The summed E-state index contributed by atoms with van der Waals surface area (Å²) < 4.78 is 11.2. The van der Waals surface area contributed by atoms with Gasteiger partial charge in [-0.1, -0.05) is 15.9 Å². The summed E-state index contributed by atoms with van der Waals surface area (Å²) in [4.78, 5) is 0. The van der Waals surface area contributed by atoms with Crippen molar-refractivity contribution in [2.45, 2.75) is 13.0 Å². The minimum Gasteiger partial charge on any atom is -0.493 e. The summed E-state index contributed by atoms with van der Waals surface area (Å²) in [6.07, 6.45) is -0.714. The van der Waals surface area contributed by atoms with E-state index in [0.29, 0.717) is 11.5 Å². The first-order chi connectivity index (χ1) is 7.56. The molecule has 0 aromatic heterocycles. The molecule has 5 heteroatoms. The Labute approximate surface area is 103 Å². The molecule has 0 fully saturated rings. The fourth-order valence-electron chi connectivity index (χ4n) is 1.68. The number of aliphatic hydroxyl groups excluding tert-OH is 1. The Bertz CT molecular complexity index is 382. The number of aliphatic hydroxyl groups is 1. The number of hydrogen-bond donors (Lipinski definition) is 2. The summed E-state index contributed by atoms with van der Waals surface area (Å²) in [6, 6.07) is 1.76. The first-order valence-corrected chi connectivity index (χ1v) is 5.65. The van der Waals surface area contributed by atoms with Gasteiger partial charge in [-0.3, -0.25) is 0 Å². The average Bonchev–Trinajstić information content (AvgIpc) is 2.27. The predicted octanol–water partition coefficient (Wildman–Crippen LogP) is 1.77. The number of rotatable bonds is 4. The summed E-state index contributed by atoms with van der Waals surface area (Å²) in [6.45, 7) is 2.02. The van der Waals surface area contributed by atoms with Crippen LogP contribution in [-0.4, -0.2) is 25.9 Å². The van der Waals surface area contributed by atoms with Crippen LogP contribution in [0.3, 0.4) is 0 Å². The monoisotopic (exact) mass is 289 g/mol. The Balaban J connectivity index is 3.40. The van der Waals surface area contributed by atoms with E-state index in [1.165, 1.54) is 0 Å². The van der Waals surface area contributed by atoms with Gasteiger partial charge in [-0.15, -0.1) is 0 Å². The van der Waals surface area contributed by atoms with E-state index in [9.17, 15) is 5.11 Å². The van der Waals surface area contributed by atoms with Gasteiger partial charge < -0.3 is 20.3 Å². The molecule has 0 aliphatic carbocycles. The second-order valence-corrected chi connectivity index (χ2v) is 4.24. The maximum atomic E-state index is 9.82. The fourth-order valence-corrected chi connectivity index (χ4v) is 2.45. The van der Waals surface area contributed by atoms with Crippen molar-refractivity contribution in [1.29, 1.82) is 0 Å². The molecule has 0 heterocycles. The van der Waals surface area contributed by atoms with Gasteiger partial charge in [0.05, 0.1) is 20.3 Å². The summed E-state index contributed by atoms with van der Waals surface area (Å²) in [5, 5.41) is 9.82. The Kier molecular flexibility index (Phi) is 4.58. The van der Waals surface area contributed by atoms with Crippen LogP contribution in [0.1, 0.15) is 17.2 Å². The van der Waals surface area contributed by atoms with Gasteiger partial charge in [-0.05, 0) is 13.0 Å². The number of ether oxygens (including phenoxy) is 2. The third-order valence-electron chi connectivity index (χ3n) is 2.46. The normalized spacial score (nSPS) is 12.4. The molecular weight excluding hydrogens is 274 g/mol. The molecule has 0 amide bonds. The highest BCUT2D eigenvalue weighted by Crippen LogP contribution is 2.40. The maximum absolute atomic E-state index is 9.82. The van der Waals surface area contributed by atoms with Crippen molar-refractivity contribution in [3.8, 4) is 11.5 Å². The van der Waals surface area contributed by atoms with E-state index in [1.807, 2.05) is 6.92 Å². The molecular formula is C11H16BrNO3. The van der Waals surface area contributed by atoms with E-state index < -0.39 is 6.10 Å². The first kappa shape index (κ1) is 13.3. The lowest BCUT2D eigenvalue weighted by atomic mass is 10.0. The highest BCUT2D eigenvalue weighted by atomic mass is 79.9. The van der Waals surface area contributed by atoms with E-state index in [0.717, 1.165) is 15.6 Å². The van der Waals surface area contributed by atoms with E-state index in [1.54, 1.807) is 20.3 Å². The maximum Gasteiger partial charge on any atom is 0.164 e. The van der Waals surface area contributed by atoms with Gasteiger partial charge >= 0.3 is 0 Å². The molecule has 90 valence electrons. The largest absolute Gasteiger partial charge is 0.493 e. The van der Waals surface area contributed by atoms with Gasteiger partial charge in [0.15, 0.2) is 11.5 Å².